The molecule has 0 amide bonds. The molecule has 2 aliphatic rings. The van der Waals surface area contributed by atoms with Crippen molar-refractivity contribution in [2.24, 2.45) is 11.3 Å². The molecule has 70 valence electrons. The van der Waals surface area contributed by atoms with Crippen molar-refractivity contribution in [3.8, 4) is 0 Å². The summed E-state index contributed by atoms with van der Waals surface area (Å²) in [5.41, 5.74) is 0.793. The maximum Gasteiger partial charge on any atom is 0.00649 e. The molecule has 1 spiro atoms. The second-order valence-corrected chi connectivity index (χ2v) is 5.31. The quantitative estimate of drug-likeness (QED) is 0.595. The summed E-state index contributed by atoms with van der Waals surface area (Å²) >= 11 is 3.69. The van der Waals surface area contributed by atoms with Crippen LogP contribution in [0.5, 0.6) is 0 Å². The van der Waals surface area contributed by atoms with Crippen LogP contribution in [0.1, 0.15) is 51.4 Å². The van der Waals surface area contributed by atoms with Crippen LogP contribution in [0.25, 0.3) is 0 Å². The lowest BCUT2D eigenvalue weighted by molar-refractivity contribution is 0.142. The topological polar surface area (TPSA) is 0 Å². The predicted octanol–water partition coefficient (Wildman–Crippen LogP) is 4.13. The molecule has 2 saturated carbocycles. The summed E-state index contributed by atoms with van der Waals surface area (Å²) in [5.74, 6) is 1.01. The highest BCUT2D eigenvalue weighted by Crippen LogP contribution is 2.53. The van der Waals surface area contributed by atoms with Crippen molar-refractivity contribution in [1.29, 1.82) is 0 Å². The van der Waals surface area contributed by atoms with Gasteiger partial charge in [0.25, 0.3) is 0 Å². The van der Waals surface area contributed by atoms with Crippen LogP contribution in [-0.4, -0.2) is 5.33 Å². The Morgan fingerprint density at radius 3 is 2.33 bits per heavy atom. The highest BCUT2D eigenvalue weighted by molar-refractivity contribution is 9.09. The first-order valence-electron chi connectivity index (χ1n) is 5.43. The Labute approximate surface area is 84.2 Å². The molecule has 0 aliphatic heterocycles. The van der Waals surface area contributed by atoms with Crippen molar-refractivity contribution < 1.29 is 0 Å². The molecule has 2 aliphatic carbocycles. The lowest BCUT2D eigenvalue weighted by atomic mass is 9.68. The number of hydrogen-bond donors (Lipinski definition) is 0. The molecule has 0 radical (unpaired) electrons. The van der Waals surface area contributed by atoms with Crippen LogP contribution in [0, 0.1) is 11.3 Å². The first kappa shape index (κ1) is 9.05. The maximum atomic E-state index is 3.69. The van der Waals surface area contributed by atoms with Gasteiger partial charge >= 0.3 is 0 Å². The van der Waals surface area contributed by atoms with Gasteiger partial charge < -0.3 is 0 Å². The van der Waals surface area contributed by atoms with Gasteiger partial charge in [0.15, 0.2) is 0 Å². The van der Waals surface area contributed by atoms with Crippen molar-refractivity contribution in [1.82, 2.24) is 0 Å². The Hall–Kier alpha value is 0.480. The van der Waals surface area contributed by atoms with Crippen LogP contribution in [-0.2, 0) is 0 Å². The SMILES string of the molecule is BrCC1CCCC12CCCCC2. The van der Waals surface area contributed by atoms with Crippen LogP contribution in [0.2, 0.25) is 0 Å². The summed E-state index contributed by atoms with van der Waals surface area (Å²) in [4.78, 5) is 0. The molecule has 0 heterocycles. The molecule has 0 aromatic carbocycles. The third-order valence-corrected chi connectivity index (χ3v) is 4.91. The van der Waals surface area contributed by atoms with E-state index in [1.54, 1.807) is 0 Å². The molecule has 0 aromatic heterocycles. The second-order valence-electron chi connectivity index (χ2n) is 4.67. The van der Waals surface area contributed by atoms with Crippen LogP contribution in [0.3, 0.4) is 0 Å². The lowest BCUT2D eigenvalue weighted by Gasteiger charge is -2.38. The van der Waals surface area contributed by atoms with E-state index in [0.29, 0.717) is 0 Å². The fraction of sp³-hybridized carbons (Fsp3) is 1.00. The fourth-order valence-electron chi connectivity index (χ4n) is 3.37. The zero-order valence-electron chi connectivity index (χ0n) is 7.82. The maximum absolute atomic E-state index is 3.69. The van der Waals surface area contributed by atoms with Crippen LogP contribution >= 0.6 is 15.9 Å². The van der Waals surface area contributed by atoms with E-state index in [2.05, 4.69) is 15.9 Å². The van der Waals surface area contributed by atoms with Gasteiger partial charge in [0.1, 0.15) is 0 Å². The van der Waals surface area contributed by atoms with Crippen LogP contribution in [0.15, 0.2) is 0 Å². The summed E-state index contributed by atoms with van der Waals surface area (Å²) in [6.07, 6.45) is 12.1. The van der Waals surface area contributed by atoms with Crippen molar-refractivity contribution >= 4 is 15.9 Å². The molecule has 0 N–H and O–H groups in total. The third kappa shape index (κ3) is 1.45. The number of halogens is 1. The Morgan fingerprint density at radius 1 is 1.00 bits per heavy atom. The highest BCUT2D eigenvalue weighted by atomic mass is 79.9. The summed E-state index contributed by atoms with van der Waals surface area (Å²) in [6, 6.07) is 0. The molecule has 0 bridgehead atoms. The van der Waals surface area contributed by atoms with Gasteiger partial charge in [-0.15, -0.1) is 0 Å². The number of rotatable bonds is 1. The Balaban J connectivity index is 2.05. The Kier molecular flexibility index (Phi) is 2.78. The largest absolute Gasteiger partial charge is 0.0925 e. The molecular formula is C11H19Br. The van der Waals surface area contributed by atoms with Gasteiger partial charge in [0, 0.05) is 5.33 Å². The Bertz CT molecular complexity index is 147. The lowest BCUT2D eigenvalue weighted by Crippen LogP contribution is -2.29. The molecule has 1 unspecified atom stereocenters. The van der Waals surface area contributed by atoms with Crippen molar-refractivity contribution in [3.63, 3.8) is 0 Å². The van der Waals surface area contributed by atoms with E-state index in [-0.39, 0.29) is 0 Å². The van der Waals surface area contributed by atoms with Gasteiger partial charge in [-0.2, -0.15) is 0 Å². The van der Waals surface area contributed by atoms with E-state index in [9.17, 15) is 0 Å². The molecule has 2 rings (SSSR count). The van der Waals surface area contributed by atoms with E-state index >= 15 is 0 Å². The van der Waals surface area contributed by atoms with Gasteiger partial charge in [-0.25, -0.2) is 0 Å². The van der Waals surface area contributed by atoms with E-state index in [1.807, 2.05) is 0 Å². The minimum absolute atomic E-state index is 0.793. The van der Waals surface area contributed by atoms with E-state index in [0.717, 1.165) is 11.3 Å². The molecule has 12 heavy (non-hydrogen) atoms. The minimum Gasteiger partial charge on any atom is -0.0925 e. The van der Waals surface area contributed by atoms with Crippen LogP contribution < -0.4 is 0 Å². The molecule has 2 fully saturated rings. The average molecular weight is 231 g/mol. The van der Waals surface area contributed by atoms with Gasteiger partial charge in [-0.3, -0.25) is 0 Å². The first-order chi connectivity index (χ1) is 5.87. The predicted molar refractivity (Wildman–Crippen MR) is 56.7 cm³/mol. The third-order valence-electron chi connectivity index (χ3n) is 4.13. The summed E-state index contributed by atoms with van der Waals surface area (Å²) in [6.45, 7) is 0. The summed E-state index contributed by atoms with van der Waals surface area (Å²) in [7, 11) is 0. The normalized spacial score (nSPS) is 34.2. The zero-order chi connectivity index (χ0) is 8.44. The molecule has 0 saturated heterocycles. The molecule has 0 nitrogen and oxygen atoms in total. The fourth-order valence-corrected chi connectivity index (χ4v) is 4.38. The second kappa shape index (κ2) is 3.69. The molecular weight excluding hydrogens is 212 g/mol. The summed E-state index contributed by atoms with van der Waals surface area (Å²) < 4.78 is 0. The molecule has 1 heteroatoms. The van der Waals surface area contributed by atoms with E-state index in [1.165, 1.54) is 56.7 Å². The standard InChI is InChI=1S/C11H19Br/c12-9-10-5-4-8-11(10)6-2-1-3-7-11/h10H,1-9H2. The zero-order valence-corrected chi connectivity index (χ0v) is 9.41. The van der Waals surface area contributed by atoms with Gasteiger partial charge in [0.05, 0.1) is 0 Å². The van der Waals surface area contributed by atoms with Crippen molar-refractivity contribution in [2.45, 2.75) is 51.4 Å². The first-order valence-corrected chi connectivity index (χ1v) is 6.55. The summed E-state index contributed by atoms with van der Waals surface area (Å²) in [5, 5.41) is 1.26. The molecule has 0 aromatic rings. The minimum atomic E-state index is 0.793. The number of alkyl halides is 1. The van der Waals surface area contributed by atoms with E-state index in [4.69, 9.17) is 0 Å². The monoisotopic (exact) mass is 230 g/mol. The van der Waals surface area contributed by atoms with Crippen molar-refractivity contribution in [3.05, 3.63) is 0 Å². The van der Waals surface area contributed by atoms with Gasteiger partial charge in [-0.05, 0) is 37.0 Å². The number of hydrogen-bond acceptors (Lipinski definition) is 0. The van der Waals surface area contributed by atoms with Crippen LogP contribution in [0.4, 0.5) is 0 Å². The highest BCUT2D eigenvalue weighted by Gasteiger charge is 2.42. The molecule has 1 atom stereocenters. The average Bonchev–Trinajstić information content (AvgIpc) is 2.49. The van der Waals surface area contributed by atoms with E-state index < -0.39 is 0 Å². The smallest absolute Gasteiger partial charge is 0.00649 e. The van der Waals surface area contributed by atoms with Gasteiger partial charge in [0.2, 0.25) is 0 Å². The van der Waals surface area contributed by atoms with Crippen molar-refractivity contribution in [2.75, 3.05) is 5.33 Å². The van der Waals surface area contributed by atoms with Gasteiger partial charge in [-0.1, -0.05) is 41.6 Å². The Morgan fingerprint density at radius 2 is 1.67 bits per heavy atom.